The van der Waals surface area contributed by atoms with Crippen molar-refractivity contribution in [3.8, 4) is 11.1 Å². The molecule has 3 aromatic carbocycles. The molecule has 9 heteroatoms. The third-order valence-electron chi connectivity index (χ3n) is 9.37. The Bertz CT molecular complexity index is 1650. The first-order chi connectivity index (χ1) is 22.7. The predicted octanol–water partition coefficient (Wildman–Crippen LogP) is 7.43. The van der Waals surface area contributed by atoms with Crippen molar-refractivity contribution in [2.45, 2.75) is 69.1 Å². The minimum atomic E-state index is -4.51. The van der Waals surface area contributed by atoms with E-state index in [2.05, 4.69) is 32.7 Å². The van der Waals surface area contributed by atoms with Crippen molar-refractivity contribution < 1.29 is 22.8 Å². The van der Waals surface area contributed by atoms with E-state index in [1.807, 2.05) is 78.9 Å². The molecular weight excluding hydrogens is 601 g/mol. The van der Waals surface area contributed by atoms with E-state index in [4.69, 9.17) is 0 Å². The summed E-state index contributed by atoms with van der Waals surface area (Å²) in [5, 5.41) is 5.24. The number of fused-ring (bicyclic) bond motifs is 3. The van der Waals surface area contributed by atoms with Gasteiger partial charge in [-0.2, -0.15) is 13.2 Å². The van der Waals surface area contributed by atoms with Gasteiger partial charge in [0.15, 0.2) is 0 Å². The van der Waals surface area contributed by atoms with Gasteiger partial charge in [0.25, 0.3) is 0 Å². The highest BCUT2D eigenvalue weighted by molar-refractivity contribution is 6.00. The summed E-state index contributed by atoms with van der Waals surface area (Å²) in [6, 6.07) is 28.7. The van der Waals surface area contributed by atoms with E-state index in [1.165, 1.54) is 5.56 Å². The van der Waals surface area contributed by atoms with E-state index in [-0.39, 0.29) is 11.9 Å². The van der Waals surface area contributed by atoms with Crippen LogP contribution in [0.2, 0.25) is 0 Å². The van der Waals surface area contributed by atoms with Crippen LogP contribution in [-0.4, -0.2) is 47.0 Å². The van der Waals surface area contributed by atoms with Crippen LogP contribution in [0.25, 0.3) is 11.1 Å². The van der Waals surface area contributed by atoms with E-state index in [1.54, 1.807) is 6.20 Å². The number of halogens is 3. The molecule has 2 N–H and O–H groups in total. The highest BCUT2D eigenvalue weighted by atomic mass is 19.4. The highest BCUT2D eigenvalue weighted by Gasteiger charge is 2.49. The topological polar surface area (TPSA) is 74.3 Å². The van der Waals surface area contributed by atoms with Gasteiger partial charge in [-0.1, -0.05) is 91.7 Å². The smallest absolute Gasteiger partial charge is 0.346 e. The molecule has 2 aliphatic rings. The normalized spacial score (nSPS) is 17.0. The second-order valence-corrected chi connectivity index (χ2v) is 12.5. The molecule has 1 saturated heterocycles. The number of nitrogens with zero attached hydrogens (tertiary/aromatic N) is 2. The van der Waals surface area contributed by atoms with Crippen molar-refractivity contribution in [1.29, 1.82) is 0 Å². The Morgan fingerprint density at radius 3 is 2.19 bits per heavy atom. The average Bonchev–Trinajstić information content (AvgIpc) is 3.37. The lowest BCUT2D eigenvalue weighted by atomic mass is 9.73. The van der Waals surface area contributed by atoms with Gasteiger partial charge in [-0.05, 0) is 78.6 Å². The fourth-order valence-corrected chi connectivity index (χ4v) is 7.15. The number of carbonyl (C=O) groups excluding carboxylic acids is 2. The number of aryl methyl sites for hydroxylation is 1. The molecule has 0 radical (unpaired) electrons. The minimum Gasteiger partial charge on any atom is -0.346 e. The first-order valence-corrected chi connectivity index (χ1v) is 16.3. The Morgan fingerprint density at radius 2 is 1.53 bits per heavy atom. The number of carbonyl (C=O) groups is 2. The maximum absolute atomic E-state index is 13.7. The summed E-state index contributed by atoms with van der Waals surface area (Å²) in [7, 11) is 0. The first kappa shape index (κ1) is 32.4. The summed E-state index contributed by atoms with van der Waals surface area (Å²) in [4.78, 5) is 33.8. The van der Waals surface area contributed by atoms with E-state index in [0.29, 0.717) is 31.4 Å². The van der Waals surface area contributed by atoms with Gasteiger partial charge in [0.05, 0.1) is 17.9 Å². The van der Waals surface area contributed by atoms with Gasteiger partial charge < -0.3 is 10.6 Å². The molecule has 6 nitrogen and oxygen atoms in total. The van der Waals surface area contributed by atoms with Crippen molar-refractivity contribution in [2.75, 3.05) is 18.4 Å². The van der Waals surface area contributed by atoms with Crippen molar-refractivity contribution in [1.82, 2.24) is 15.2 Å². The summed E-state index contributed by atoms with van der Waals surface area (Å²) < 4.78 is 39.5. The molecule has 0 spiro atoms. The summed E-state index contributed by atoms with van der Waals surface area (Å²) in [5.74, 6) is -0.660. The molecule has 4 aromatic rings. The number of alkyl halides is 3. The number of pyridine rings is 1. The summed E-state index contributed by atoms with van der Waals surface area (Å²) >= 11 is 0. The lowest BCUT2D eigenvalue weighted by Crippen LogP contribution is -2.47. The molecule has 2 heterocycles. The Balaban J connectivity index is 1.09. The molecule has 1 fully saturated rings. The average molecular weight is 641 g/mol. The van der Waals surface area contributed by atoms with Gasteiger partial charge in [0.1, 0.15) is 12.0 Å². The predicted molar refractivity (Wildman–Crippen MR) is 177 cm³/mol. The van der Waals surface area contributed by atoms with Crippen molar-refractivity contribution in [2.24, 2.45) is 0 Å². The van der Waals surface area contributed by atoms with Gasteiger partial charge in [0, 0.05) is 12.2 Å². The third-order valence-corrected chi connectivity index (χ3v) is 9.37. The summed E-state index contributed by atoms with van der Waals surface area (Å²) in [6.07, 6.45) is 2.35. The molecule has 47 heavy (non-hydrogen) atoms. The van der Waals surface area contributed by atoms with Gasteiger partial charge >= 0.3 is 6.18 Å². The maximum Gasteiger partial charge on any atom is 0.405 e. The van der Waals surface area contributed by atoms with Crippen molar-refractivity contribution in [3.63, 3.8) is 0 Å². The van der Waals surface area contributed by atoms with Gasteiger partial charge in [0.2, 0.25) is 11.8 Å². The molecular formula is C38H39F3N4O2. The van der Waals surface area contributed by atoms with E-state index >= 15 is 0 Å². The number of aromatic nitrogens is 1. The third kappa shape index (κ3) is 7.25. The SMILES string of the molecule is O=C(Nc1ccc(CCCCC2(C(=O)NCC(F)(F)F)c3ccccc3-c3ccccc32)nc1)C1CCCCN1Cc1ccccc1. The largest absolute Gasteiger partial charge is 0.405 e. The molecule has 244 valence electrons. The molecule has 1 aliphatic heterocycles. The van der Waals surface area contributed by atoms with Gasteiger partial charge in [-0.3, -0.25) is 19.5 Å². The number of piperidine rings is 1. The lowest BCUT2D eigenvalue weighted by Gasteiger charge is -2.34. The molecule has 2 amide bonds. The van der Waals surface area contributed by atoms with E-state index in [9.17, 15) is 22.8 Å². The fourth-order valence-electron chi connectivity index (χ4n) is 7.15. The number of nitrogens with one attached hydrogen (secondary N) is 2. The van der Waals surface area contributed by atoms with Crippen LogP contribution in [0.15, 0.2) is 97.2 Å². The van der Waals surface area contributed by atoms with Crippen LogP contribution in [-0.2, 0) is 28.0 Å². The van der Waals surface area contributed by atoms with E-state index < -0.39 is 24.0 Å². The zero-order valence-corrected chi connectivity index (χ0v) is 26.2. The van der Waals surface area contributed by atoms with Crippen LogP contribution in [0.5, 0.6) is 0 Å². The zero-order valence-electron chi connectivity index (χ0n) is 26.2. The monoisotopic (exact) mass is 640 g/mol. The highest BCUT2D eigenvalue weighted by Crippen LogP contribution is 2.51. The number of rotatable bonds is 11. The first-order valence-electron chi connectivity index (χ1n) is 16.3. The van der Waals surface area contributed by atoms with Gasteiger partial charge in [-0.25, -0.2) is 0 Å². The number of hydrogen-bond donors (Lipinski definition) is 2. The van der Waals surface area contributed by atoms with Crippen LogP contribution in [0.3, 0.4) is 0 Å². The van der Waals surface area contributed by atoms with Crippen molar-refractivity contribution >= 4 is 17.5 Å². The molecule has 6 rings (SSSR count). The molecule has 0 bridgehead atoms. The second kappa shape index (κ2) is 14.1. The number of anilines is 1. The molecule has 1 unspecified atom stereocenters. The Labute approximate surface area is 273 Å². The standard InChI is InChI=1S/C38H39F3N4O2/c39-38(40,41)26-43-36(47)37(32-17-6-4-15-30(32)31-16-5-7-18-33(31)37)22-10-8-14-28-20-21-29(24-42-28)44-35(46)34-19-9-11-23-45(34)25-27-12-2-1-3-13-27/h1-7,12-13,15-18,20-21,24,34H,8-11,14,19,22-23,25-26H2,(H,43,47)(H,44,46). The molecule has 1 atom stereocenters. The summed E-state index contributed by atoms with van der Waals surface area (Å²) in [6.45, 7) is 0.238. The van der Waals surface area contributed by atoms with Crippen LogP contribution in [0.4, 0.5) is 18.9 Å². The van der Waals surface area contributed by atoms with Crippen LogP contribution in [0, 0.1) is 0 Å². The van der Waals surface area contributed by atoms with Crippen LogP contribution in [0.1, 0.15) is 60.9 Å². The van der Waals surface area contributed by atoms with Crippen LogP contribution < -0.4 is 10.6 Å². The quantitative estimate of drug-likeness (QED) is 0.167. The molecule has 1 aliphatic carbocycles. The maximum atomic E-state index is 13.7. The summed E-state index contributed by atoms with van der Waals surface area (Å²) in [5.41, 5.74) is 4.68. The number of amides is 2. The number of unbranched alkanes of at least 4 members (excludes halogenated alkanes) is 1. The molecule has 0 saturated carbocycles. The van der Waals surface area contributed by atoms with E-state index in [0.717, 1.165) is 60.3 Å². The lowest BCUT2D eigenvalue weighted by molar-refractivity contribution is -0.141. The number of hydrogen-bond acceptors (Lipinski definition) is 4. The molecule has 1 aromatic heterocycles. The van der Waals surface area contributed by atoms with Gasteiger partial charge in [-0.15, -0.1) is 0 Å². The Hall–Kier alpha value is -4.50. The number of likely N-dealkylation sites (tertiary alicyclic amines) is 1. The Morgan fingerprint density at radius 1 is 0.851 bits per heavy atom. The Kier molecular flexibility index (Phi) is 9.73. The minimum absolute atomic E-state index is 0.0265. The zero-order chi connectivity index (χ0) is 32.9. The fraction of sp³-hybridized carbons (Fsp3) is 0.342. The number of benzene rings is 3. The van der Waals surface area contributed by atoms with Crippen LogP contribution >= 0.6 is 0 Å². The second-order valence-electron chi connectivity index (χ2n) is 12.5. The van der Waals surface area contributed by atoms with Crippen molar-refractivity contribution in [3.05, 3.63) is 120 Å².